The van der Waals surface area contributed by atoms with Crippen molar-refractivity contribution in [2.75, 3.05) is 19.6 Å². The fraction of sp³-hybridized carbons (Fsp3) is 0.614. The van der Waals surface area contributed by atoms with Gasteiger partial charge in [-0.15, -0.1) is 19.7 Å². The molecule has 3 aromatic carbocycles. The Hall–Kier alpha value is -10.7. The summed E-state index contributed by atoms with van der Waals surface area (Å²) in [6, 6.07) is 11.6. The third-order valence-electron chi connectivity index (χ3n) is 27.6. The Morgan fingerprint density at radius 3 is 1.42 bits per heavy atom. The number of Topliss-reactive ketones (excluding diaryl/α,β-unsaturated/α-hetero) is 3. The Bertz CT molecular complexity index is 5830. The van der Waals surface area contributed by atoms with Crippen molar-refractivity contribution in [3.05, 3.63) is 156 Å². The number of carboxylic acids is 1. The van der Waals surface area contributed by atoms with Crippen molar-refractivity contribution in [1.82, 2.24) is 44.4 Å². The molecule has 0 bridgehead atoms. The minimum atomic E-state index is -3.95. The van der Waals surface area contributed by atoms with Gasteiger partial charge in [-0.1, -0.05) is 99.9 Å². The number of allylic oxidation sites excluding steroid dienone is 5. The normalized spacial score (nSPS) is 28.1. The molecule has 16 rings (SSSR count). The highest BCUT2D eigenvalue weighted by Gasteiger charge is 2.65. The molecule has 6 aliphatic carbocycles. The third-order valence-corrected chi connectivity index (χ3v) is 33.0. The Labute approximate surface area is 830 Å². The summed E-state index contributed by atoms with van der Waals surface area (Å²) < 4.78 is 199. The van der Waals surface area contributed by atoms with E-state index in [9.17, 15) is 101 Å². The number of hydrogen-bond acceptors (Lipinski definition) is 26. The first-order valence-electron chi connectivity index (χ1n) is 50.6. The van der Waals surface area contributed by atoms with Crippen LogP contribution in [0.1, 0.15) is 264 Å². The highest BCUT2D eigenvalue weighted by molar-refractivity contribution is 7.91. The van der Waals surface area contributed by atoms with Crippen molar-refractivity contribution in [2.24, 2.45) is 45.8 Å². The maximum absolute atomic E-state index is 14.4. The predicted molar refractivity (Wildman–Crippen MR) is 510 cm³/mol. The molecule has 7 heterocycles. The Balaban J connectivity index is 0.000000181. The largest absolute Gasteiger partial charge is 0.481 e. The second-order valence-electron chi connectivity index (χ2n) is 40.7. The predicted octanol–water partition coefficient (Wildman–Crippen LogP) is 12.4. The Morgan fingerprint density at radius 2 is 1.01 bits per heavy atom. The molecule has 3 saturated heterocycles. The molecule has 6 N–H and O–H groups in total. The molecule has 3 unspecified atom stereocenters. The van der Waals surface area contributed by atoms with E-state index >= 15 is 0 Å². The van der Waals surface area contributed by atoms with Crippen LogP contribution in [0.4, 0.5) is 27.6 Å². The number of benzene rings is 3. The molecule has 6 saturated carbocycles. The number of carbonyl (C=O) groups is 13. The number of nitrogens with zero attached hydrogens (tertiary/aromatic N) is 4. The van der Waals surface area contributed by atoms with Gasteiger partial charge in [0.2, 0.25) is 53.7 Å². The van der Waals surface area contributed by atoms with Gasteiger partial charge in [0.05, 0.1) is 95.1 Å². The van der Waals surface area contributed by atoms with Crippen LogP contribution in [0.25, 0.3) is 0 Å². The van der Waals surface area contributed by atoms with Crippen LogP contribution in [0.5, 0.6) is 0 Å². The summed E-state index contributed by atoms with van der Waals surface area (Å²) in [5, 5.41) is 13.5. The van der Waals surface area contributed by atoms with Crippen molar-refractivity contribution in [2.45, 2.75) is 325 Å². The molecule has 9 fully saturated rings. The van der Waals surface area contributed by atoms with Gasteiger partial charge in [-0.3, -0.25) is 76.8 Å². The number of ketones is 3. The first-order chi connectivity index (χ1) is 68.2. The van der Waals surface area contributed by atoms with Crippen LogP contribution in [0.15, 0.2) is 105 Å². The quantitative estimate of drug-likeness (QED) is 0.0198. The molecule has 3 aromatic rings. The number of rotatable bonds is 31. The van der Waals surface area contributed by atoms with Crippen LogP contribution in [0, 0.1) is 63.3 Å². The fourth-order valence-corrected chi connectivity index (χ4v) is 23.2. The summed E-state index contributed by atoms with van der Waals surface area (Å²) in [5.41, 5.74) is -1.72. The number of hydrogen-bond donors (Lipinski definition) is 6. The highest BCUT2D eigenvalue weighted by Crippen LogP contribution is 2.60. The number of halogens is 3. The second kappa shape index (κ2) is 45.1. The van der Waals surface area contributed by atoms with Crippen molar-refractivity contribution < 1.29 is 138 Å². The molecule has 13 aliphatic rings. The summed E-state index contributed by atoms with van der Waals surface area (Å²) >= 11 is 0. The molecule has 772 valence electrons. The first-order valence-corrected chi connectivity index (χ1v) is 52.3. The SMILES string of the molecule is C.C=C[C@@H]1C[C@]1(CC(=O)[C@@H]1CC(OC(=O)N2Cc3cccc(F)c3C2)CN1)C(=O)NS(=O)(=O)C1CC1.C=C[C@@H]1C[C@]1(CC(=O)[C@@H]1CC(OC(=O)N2Cc3cccc(F)c3C2)CN1)C(=O)NS(=O)(=O)C1CC1.[2H]C([2H])(C=C)C([2H])([2H])CCC[C@H](CC(=O)OC(C)(C)C)C(=O)O.[2H]C1([2H])C/C=C\[C@@H]2C[C@@]2(C(=O)NS(=O)(=O)C2CC2)CC(=O)[C@@H]2CC(OC(=O)N3Cc4cccc(F)c4C3)CN2C(=O)[C@@H](CC(=O)OC(C)(C)C)CCC1. The van der Waals surface area contributed by atoms with Gasteiger partial charge in [-0.05, 0) is 190 Å². The maximum Gasteiger partial charge on any atom is 0.410 e. The summed E-state index contributed by atoms with van der Waals surface area (Å²) in [4.78, 5) is 174. The first kappa shape index (κ1) is 100. The van der Waals surface area contributed by atoms with Gasteiger partial charge < -0.3 is 44.3 Å². The molecule has 0 aromatic heterocycles. The minimum absolute atomic E-state index is 0. The molecule has 7 aliphatic heterocycles. The number of ether oxygens (including phenoxy) is 5. The average Bonchev–Trinajstić information content (AvgIpc) is 1.58. The van der Waals surface area contributed by atoms with E-state index in [2.05, 4.69) is 44.5 Å². The lowest BCUT2D eigenvalue weighted by Gasteiger charge is -2.29. The monoisotopic (exact) mass is 2030 g/mol. The van der Waals surface area contributed by atoms with Crippen LogP contribution < -0.4 is 24.8 Å². The summed E-state index contributed by atoms with van der Waals surface area (Å²) in [7, 11) is -11.4. The van der Waals surface area contributed by atoms with Gasteiger partial charge >= 0.3 is 36.2 Å². The van der Waals surface area contributed by atoms with Gasteiger partial charge in [-0.2, -0.15) is 0 Å². The number of nitrogens with one attached hydrogen (secondary N) is 5. The number of aliphatic carboxylic acids is 1. The molecule has 141 heavy (non-hydrogen) atoms. The van der Waals surface area contributed by atoms with E-state index in [0.717, 1.165) is 17.2 Å². The number of esters is 2. The van der Waals surface area contributed by atoms with Crippen LogP contribution in [0.3, 0.4) is 0 Å². The summed E-state index contributed by atoms with van der Waals surface area (Å²) in [6.07, 6.45) is 0.832. The molecular formula is C101H134F3N9O25S3. The van der Waals surface area contributed by atoms with Crippen LogP contribution in [-0.2, 0) is 141 Å². The molecule has 7 amide bonds. The summed E-state index contributed by atoms with van der Waals surface area (Å²) in [5.74, 6) is -10.3. The third kappa shape index (κ3) is 27.8. The van der Waals surface area contributed by atoms with Crippen molar-refractivity contribution >= 4 is 107 Å². The molecule has 40 heteroatoms. The van der Waals surface area contributed by atoms with Crippen LogP contribution in [-0.4, -0.2) is 210 Å². The van der Waals surface area contributed by atoms with Gasteiger partial charge in [0.15, 0.2) is 17.3 Å². The zero-order valence-corrected chi connectivity index (χ0v) is 82.0. The van der Waals surface area contributed by atoms with Crippen LogP contribution in [0.2, 0.25) is 0 Å². The number of carbonyl (C=O) groups excluding carboxylic acids is 12. The zero-order valence-electron chi connectivity index (χ0n) is 85.5. The lowest BCUT2D eigenvalue weighted by Crippen LogP contribution is -2.46. The number of sulfonamides is 3. The van der Waals surface area contributed by atoms with E-state index in [1.165, 1.54) is 37.8 Å². The summed E-state index contributed by atoms with van der Waals surface area (Å²) in [6.45, 7) is 22.1. The maximum atomic E-state index is 14.4. The fourth-order valence-electron chi connectivity index (χ4n) is 19.1. The van der Waals surface area contributed by atoms with Crippen molar-refractivity contribution in [3.8, 4) is 0 Å². The molecular weight excluding hydrogens is 1890 g/mol. The second-order valence-corrected chi connectivity index (χ2v) is 46.6. The van der Waals surface area contributed by atoms with Gasteiger partial charge in [-0.25, -0.2) is 52.8 Å². The van der Waals surface area contributed by atoms with Crippen molar-refractivity contribution in [1.29, 1.82) is 0 Å². The molecule has 0 radical (unpaired) electrons. The Kier molecular flexibility index (Phi) is 32.1. The molecule has 0 spiro atoms. The van der Waals surface area contributed by atoms with Gasteiger partial charge in [0.25, 0.3) is 0 Å². The topological polar surface area (TPSA) is 464 Å². The van der Waals surface area contributed by atoms with Crippen molar-refractivity contribution in [3.63, 3.8) is 0 Å². The standard InChI is InChI=1S/C37H48FN3O9S.2C24H28FN3O6S.C15H26O4.CH4/c1-36(2,3)50-32(43)16-23-10-7-5-4-6-8-12-25-18-37(25,34(45)39-51(47,48)27-14-15-27)19-31(42)30-17-26(21-41(30)33(23)44)49-35(46)40-20-24-11-9-13-29(38)28(24)22-40;2*1-2-15-9-24(15,22(30)27-35(32,33)17-6-7-17)10-21(29)20-8-16(11-26-20)34-23(31)28-12-14-4-3-5-19(25)18(14)13-28;1-5-6-7-8-9-10-12(14(17)18)11-13(16)19-15(2,3)4;/h8-9,11-13,23,25-27,30H,4-7,10,14-22H2,1-3H3,(H,39,45);2*2-5,15-17,20,26H,1,6-13H2,(H,27,30);5,12H,1,6-11H2,2-4H3,(H,17,18);1H4/b12-8-;;;;/t23-,25-,26?,30+,37-;2*15-,16?,20+,24-;12-;/m1111./s1/i4D2;;;6D2,7D2;. The van der Waals surface area contributed by atoms with Gasteiger partial charge in [0, 0.05) is 102 Å². The minimum Gasteiger partial charge on any atom is -0.481 e. The number of fused-ring (bicyclic) bond motifs is 5. The zero-order chi connectivity index (χ0) is 107. The Morgan fingerprint density at radius 1 is 0.582 bits per heavy atom. The van der Waals surface area contributed by atoms with E-state index in [0.29, 0.717) is 73.6 Å². The van der Waals surface area contributed by atoms with E-state index in [-0.39, 0.29) is 198 Å². The lowest BCUT2D eigenvalue weighted by atomic mass is 9.90. The number of carboxylic acid groups (broad SMARTS) is 1. The van der Waals surface area contributed by atoms with E-state index in [4.69, 9.17) is 37.0 Å². The van der Waals surface area contributed by atoms with E-state index < -0.39 is 224 Å². The smallest absolute Gasteiger partial charge is 0.410 e. The average molecular weight is 2030 g/mol. The van der Waals surface area contributed by atoms with Gasteiger partial charge in [0.1, 0.15) is 47.0 Å². The van der Waals surface area contributed by atoms with E-state index in [1.54, 1.807) is 102 Å². The molecule has 14 atom stereocenters. The highest BCUT2D eigenvalue weighted by atomic mass is 32.2. The van der Waals surface area contributed by atoms with E-state index in [1.807, 2.05) is 0 Å². The lowest BCUT2D eigenvalue weighted by molar-refractivity contribution is -0.160. The number of amides is 7. The van der Waals surface area contributed by atoms with Crippen LogP contribution >= 0.6 is 0 Å². The molecule has 34 nitrogen and oxygen atoms in total.